The molecule has 22 heavy (non-hydrogen) atoms. The number of benzene rings is 1. The number of amides is 1. The molecular formula is C17H14N2OS2. The smallest absolute Gasteiger partial charge is 0.263 e. The summed E-state index contributed by atoms with van der Waals surface area (Å²) in [5.74, 6) is -0.0259. The molecule has 5 heteroatoms. The number of thiazole rings is 1. The molecule has 0 bridgehead atoms. The van der Waals surface area contributed by atoms with Crippen molar-refractivity contribution < 1.29 is 4.79 Å². The van der Waals surface area contributed by atoms with Crippen LogP contribution in [-0.2, 0) is 6.42 Å². The molecule has 1 atom stereocenters. The molecule has 1 unspecified atom stereocenters. The number of thiophene rings is 1. The number of hydrogen-bond acceptors (Lipinski definition) is 4. The van der Waals surface area contributed by atoms with Crippen LogP contribution in [-0.4, -0.2) is 10.9 Å². The van der Waals surface area contributed by atoms with Crippen LogP contribution < -0.4 is 5.32 Å². The van der Waals surface area contributed by atoms with Gasteiger partial charge in [-0.1, -0.05) is 30.3 Å². The summed E-state index contributed by atoms with van der Waals surface area (Å²) in [6.45, 7) is 0. The van der Waals surface area contributed by atoms with E-state index < -0.39 is 0 Å². The third kappa shape index (κ3) is 2.46. The molecule has 0 saturated heterocycles. The molecule has 0 spiro atoms. The van der Waals surface area contributed by atoms with Gasteiger partial charge in [0.15, 0.2) is 0 Å². The van der Waals surface area contributed by atoms with Crippen LogP contribution in [0.2, 0.25) is 0 Å². The van der Waals surface area contributed by atoms with Crippen LogP contribution >= 0.6 is 22.7 Å². The van der Waals surface area contributed by atoms with Crippen molar-refractivity contribution in [3.63, 3.8) is 0 Å². The first-order valence-electron chi connectivity index (χ1n) is 7.19. The highest BCUT2D eigenvalue weighted by atomic mass is 32.1. The first-order valence-corrected chi connectivity index (χ1v) is 8.89. The zero-order chi connectivity index (χ0) is 14.9. The molecule has 0 saturated carbocycles. The minimum Gasteiger partial charge on any atom is -0.344 e. The number of nitrogens with zero attached hydrogens (tertiary/aromatic N) is 1. The van der Waals surface area contributed by atoms with Gasteiger partial charge in [0.05, 0.1) is 17.1 Å². The van der Waals surface area contributed by atoms with Gasteiger partial charge in [0.25, 0.3) is 5.91 Å². The number of fused-ring (bicyclic) bond motifs is 1. The summed E-state index contributed by atoms with van der Waals surface area (Å²) in [4.78, 5) is 18.6. The topological polar surface area (TPSA) is 42.0 Å². The van der Waals surface area contributed by atoms with Crippen molar-refractivity contribution in [2.24, 2.45) is 0 Å². The van der Waals surface area contributed by atoms with Crippen LogP contribution in [0.3, 0.4) is 0 Å². The van der Waals surface area contributed by atoms with Gasteiger partial charge in [-0.25, -0.2) is 4.98 Å². The van der Waals surface area contributed by atoms with E-state index in [9.17, 15) is 4.79 Å². The van der Waals surface area contributed by atoms with Crippen LogP contribution in [0.15, 0.2) is 48.0 Å². The lowest BCUT2D eigenvalue weighted by molar-refractivity contribution is 0.0940. The maximum atomic E-state index is 12.5. The lowest BCUT2D eigenvalue weighted by Crippen LogP contribution is -2.26. The summed E-state index contributed by atoms with van der Waals surface area (Å²) in [6, 6.07) is 12.5. The van der Waals surface area contributed by atoms with Crippen LogP contribution in [0.5, 0.6) is 0 Å². The maximum absolute atomic E-state index is 12.5. The number of nitrogens with one attached hydrogen (secondary N) is 1. The molecule has 110 valence electrons. The normalized spacial score (nSPS) is 16.5. The lowest BCUT2D eigenvalue weighted by atomic mass is 10.1. The van der Waals surface area contributed by atoms with Crippen molar-refractivity contribution >= 4 is 28.6 Å². The van der Waals surface area contributed by atoms with Crippen molar-refractivity contribution in [2.75, 3.05) is 0 Å². The van der Waals surface area contributed by atoms with Gasteiger partial charge in [-0.2, -0.15) is 0 Å². The number of carbonyl (C=O) groups is 1. The fraction of sp³-hybridized carbons (Fsp3) is 0.176. The molecule has 1 aliphatic rings. The summed E-state index contributed by atoms with van der Waals surface area (Å²) >= 11 is 3.09. The Labute approximate surface area is 136 Å². The molecule has 2 heterocycles. The van der Waals surface area contributed by atoms with E-state index in [0.717, 1.165) is 22.7 Å². The minimum atomic E-state index is -0.0259. The Morgan fingerprint density at radius 2 is 2.14 bits per heavy atom. The number of aryl methyl sites for hydroxylation is 1. The summed E-state index contributed by atoms with van der Waals surface area (Å²) in [7, 11) is 0. The summed E-state index contributed by atoms with van der Waals surface area (Å²) in [6.07, 6.45) is 3.68. The van der Waals surface area contributed by atoms with Crippen LogP contribution in [0, 0.1) is 0 Å². The minimum absolute atomic E-state index is 0.0259. The first-order chi connectivity index (χ1) is 10.8. The Hall–Kier alpha value is -1.98. The standard InChI is InChI=1S/C17H14N2OS2/c20-16(15-10-18-17(22-15)14-6-3-9-21-14)19-13-8-7-11-4-1-2-5-12(11)13/h1-6,9-10,13H,7-8H2,(H,19,20). The molecule has 1 aromatic carbocycles. The molecule has 3 aromatic rings. The quantitative estimate of drug-likeness (QED) is 0.780. The predicted octanol–water partition coefficient (Wildman–Crippen LogP) is 4.29. The number of carbonyl (C=O) groups excluding carboxylic acids is 1. The van der Waals surface area contributed by atoms with Gasteiger partial charge in [-0.3, -0.25) is 4.79 Å². The van der Waals surface area contributed by atoms with Gasteiger partial charge in [0, 0.05) is 0 Å². The molecule has 2 aromatic heterocycles. The van der Waals surface area contributed by atoms with Crippen molar-refractivity contribution in [1.29, 1.82) is 0 Å². The van der Waals surface area contributed by atoms with Crippen molar-refractivity contribution in [1.82, 2.24) is 10.3 Å². The van der Waals surface area contributed by atoms with E-state index in [-0.39, 0.29) is 11.9 Å². The zero-order valence-electron chi connectivity index (χ0n) is 11.8. The lowest BCUT2D eigenvalue weighted by Gasteiger charge is -2.13. The Bertz CT molecular complexity index is 808. The molecule has 1 amide bonds. The van der Waals surface area contributed by atoms with E-state index in [1.54, 1.807) is 17.5 Å². The van der Waals surface area contributed by atoms with Crippen LogP contribution in [0.4, 0.5) is 0 Å². The van der Waals surface area contributed by atoms with Crippen molar-refractivity contribution in [3.8, 4) is 9.88 Å². The van der Waals surface area contributed by atoms with E-state index in [2.05, 4.69) is 28.5 Å². The highest BCUT2D eigenvalue weighted by Gasteiger charge is 2.24. The fourth-order valence-electron chi connectivity index (χ4n) is 2.83. The number of rotatable bonds is 3. The molecule has 0 aliphatic heterocycles. The number of hydrogen-bond donors (Lipinski definition) is 1. The van der Waals surface area contributed by atoms with Gasteiger partial charge in [-0.05, 0) is 35.4 Å². The SMILES string of the molecule is O=C(NC1CCc2ccccc21)c1cnc(-c2cccs2)s1. The highest BCUT2D eigenvalue weighted by molar-refractivity contribution is 7.21. The van der Waals surface area contributed by atoms with Crippen molar-refractivity contribution in [3.05, 3.63) is 64.0 Å². The Morgan fingerprint density at radius 3 is 3.00 bits per heavy atom. The molecule has 1 N–H and O–H groups in total. The predicted molar refractivity (Wildman–Crippen MR) is 90.4 cm³/mol. The van der Waals surface area contributed by atoms with Gasteiger partial charge >= 0.3 is 0 Å². The Balaban J connectivity index is 1.52. The molecule has 3 nitrogen and oxygen atoms in total. The average molecular weight is 326 g/mol. The van der Waals surface area contributed by atoms with Crippen LogP contribution in [0.25, 0.3) is 9.88 Å². The van der Waals surface area contributed by atoms with E-state index in [0.29, 0.717) is 4.88 Å². The second-order valence-corrected chi connectivity index (χ2v) is 7.25. The van der Waals surface area contributed by atoms with E-state index in [1.807, 2.05) is 23.6 Å². The summed E-state index contributed by atoms with van der Waals surface area (Å²) in [5, 5.41) is 6.07. The number of aromatic nitrogens is 1. The van der Waals surface area contributed by atoms with E-state index in [1.165, 1.54) is 22.5 Å². The van der Waals surface area contributed by atoms with Crippen molar-refractivity contribution in [2.45, 2.75) is 18.9 Å². The Kier molecular flexibility index (Phi) is 3.52. The maximum Gasteiger partial charge on any atom is 0.263 e. The second kappa shape index (κ2) is 5.66. The molecule has 0 radical (unpaired) electrons. The average Bonchev–Trinajstić information content (AvgIpc) is 3.28. The molecule has 1 aliphatic carbocycles. The molecule has 0 fully saturated rings. The highest BCUT2D eigenvalue weighted by Crippen LogP contribution is 2.32. The van der Waals surface area contributed by atoms with E-state index in [4.69, 9.17) is 0 Å². The fourth-order valence-corrected chi connectivity index (χ4v) is 4.45. The zero-order valence-corrected chi connectivity index (χ0v) is 13.4. The largest absolute Gasteiger partial charge is 0.344 e. The van der Waals surface area contributed by atoms with Crippen LogP contribution in [0.1, 0.15) is 33.3 Å². The third-order valence-electron chi connectivity index (χ3n) is 3.90. The van der Waals surface area contributed by atoms with Gasteiger partial charge in [0.2, 0.25) is 0 Å². The monoisotopic (exact) mass is 326 g/mol. The van der Waals surface area contributed by atoms with Gasteiger partial charge in [0.1, 0.15) is 9.88 Å². The molecular weight excluding hydrogens is 312 g/mol. The first kappa shape index (κ1) is 13.7. The van der Waals surface area contributed by atoms with Gasteiger partial charge in [-0.15, -0.1) is 22.7 Å². The van der Waals surface area contributed by atoms with Gasteiger partial charge < -0.3 is 5.32 Å². The summed E-state index contributed by atoms with van der Waals surface area (Å²) in [5.41, 5.74) is 2.59. The second-order valence-electron chi connectivity index (χ2n) is 5.27. The van der Waals surface area contributed by atoms with E-state index >= 15 is 0 Å². The molecule has 4 rings (SSSR count). The third-order valence-corrected chi connectivity index (χ3v) is 5.93. The Morgan fingerprint density at radius 1 is 1.23 bits per heavy atom. The summed E-state index contributed by atoms with van der Waals surface area (Å²) < 4.78 is 0.